The van der Waals surface area contributed by atoms with E-state index >= 15 is 0 Å². The molecule has 4 rings (SSSR count). The summed E-state index contributed by atoms with van der Waals surface area (Å²) < 4.78 is 1.62. The van der Waals surface area contributed by atoms with Crippen LogP contribution in [0, 0.1) is 0 Å². The average Bonchev–Trinajstić information content (AvgIpc) is 3.37. The summed E-state index contributed by atoms with van der Waals surface area (Å²) in [6.07, 6.45) is 3.06. The van der Waals surface area contributed by atoms with Crippen LogP contribution in [0.1, 0.15) is 4.88 Å². The number of nitrogens with one attached hydrogen (secondary N) is 3. The second-order valence-corrected chi connectivity index (χ2v) is 8.45. The maximum absolute atomic E-state index is 12.6. The summed E-state index contributed by atoms with van der Waals surface area (Å²) in [5, 5.41) is 9.84. The van der Waals surface area contributed by atoms with Gasteiger partial charge in [0.25, 0.3) is 5.91 Å². The van der Waals surface area contributed by atoms with Crippen LogP contribution < -0.4 is 15.1 Å². The second-order valence-electron chi connectivity index (χ2n) is 6.98. The number of thiophene rings is 1. The topological polar surface area (TPSA) is 68.7 Å². The van der Waals surface area contributed by atoms with Gasteiger partial charge in [-0.05, 0) is 29.6 Å². The Bertz CT molecular complexity index is 907. The normalized spacial score (nSPS) is 19.5. The lowest BCUT2D eigenvalue weighted by Crippen LogP contribution is -3.28. The molecule has 1 saturated heterocycles. The Labute approximate surface area is 172 Å². The van der Waals surface area contributed by atoms with E-state index in [1.807, 2.05) is 17.4 Å². The molecule has 2 aromatic heterocycles. The first-order chi connectivity index (χ1) is 13.7. The predicted molar refractivity (Wildman–Crippen MR) is 109 cm³/mol. The van der Waals surface area contributed by atoms with Gasteiger partial charge in [-0.25, -0.2) is 9.67 Å². The number of anilines is 1. The number of rotatable bonds is 6. The maximum Gasteiger partial charge on any atom is 0.279 e. The Kier molecular flexibility index (Phi) is 6.01. The number of nitrogens with zero attached hydrogens (tertiary/aromatic N) is 3. The Balaban J connectivity index is 1.32. The first-order valence-electron chi connectivity index (χ1n) is 9.31. The molecule has 0 bridgehead atoms. The number of hydrogen-bond donors (Lipinski definition) is 3. The minimum atomic E-state index is -0.0136. The number of quaternary nitrogens is 2. The minimum absolute atomic E-state index is 0.0136. The smallest absolute Gasteiger partial charge is 0.279 e. The molecule has 0 saturated carbocycles. The van der Waals surface area contributed by atoms with Gasteiger partial charge in [0.05, 0.1) is 16.3 Å². The molecule has 0 atom stereocenters. The molecule has 1 aliphatic rings. The van der Waals surface area contributed by atoms with Crippen LogP contribution in [0.3, 0.4) is 0 Å². The molecule has 3 heterocycles. The Hall–Kier alpha value is -2.26. The van der Waals surface area contributed by atoms with Crippen molar-refractivity contribution < 1.29 is 14.6 Å². The molecule has 28 heavy (non-hydrogen) atoms. The van der Waals surface area contributed by atoms with Gasteiger partial charge in [0.1, 0.15) is 45.4 Å². The van der Waals surface area contributed by atoms with Gasteiger partial charge in [0.15, 0.2) is 6.54 Å². The first kappa shape index (κ1) is 19.1. The molecule has 3 N–H and O–H groups in total. The molecule has 1 aromatic carbocycles. The predicted octanol–water partition coefficient (Wildman–Crippen LogP) is -0.0957. The summed E-state index contributed by atoms with van der Waals surface area (Å²) in [7, 11) is 0. The third-order valence-electron chi connectivity index (χ3n) is 4.98. The lowest BCUT2D eigenvalue weighted by Gasteiger charge is -2.29. The van der Waals surface area contributed by atoms with Crippen LogP contribution in [0.15, 0.2) is 48.4 Å². The molecule has 9 heteroatoms. The van der Waals surface area contributed by atoms with Crippen molar-refractivity contribution in [2.24, 2.45) is 0 Å². The van der Waals surface area contributed by atoms with Crippen molar-refractivity contribution in [2.75, 3.05) is 38.0 Å². The fourth-order valence-electron chi connectivity index (χ4n) is 3.53. The van der Waals surface area contributed by atoms with E-state index in [4.69, 9.17) is 11.6 Å². The lowest BCUT2D eigenvalue weighted by atomic mass is 10.2. The number of halogens is 1. The van der Waals surface area contributed by atoms with Gasteiger partial charge in [-0.1, -0.05) is 17.7 Å². The molecule has 0 aliphatic carbocycles. The molecule has 0 unspecified atom stereocenters. The molecule has 1 aliphatic heterocycles. The minimum Gasteiger partial charge on any atom is -0.321 e. The molecule has 7 nitrogen and oxygen atoms in total. The van der Waals surface area contributed by atoms with Crippen LogP contribution in [-0.2, 0) is 11.3 Å². The van der Waals surface area contributed by atoms with Crippen molar-refractivity contribution in [3.63, 3.8) is 0 Å². The Morgan fingerprint density at radius 1 is 1.21 bits per heavy atom. The Morgan fingerprint density at radius 3 is 2.75 bits per heavy atom. The Morgan fingerprint density at radius 2 is 2.04 bits per heavy atom. The van der Waals surface area contributed by atoms with E-state index in [9.17, 15) is 4.79 Å². The molecule has 0 radical (unpaired) electrons. The number of hydrogen-bond acceptors (Lipinski definition) is 4. The van der Waals surface area contributed by atoms with Crippen LogP contribution in [0.25, 0.3) is 5.69 Å². The zero-order valence-electron chi connectivity index (χ0n) is 15.4. The van der Waals surface area contributed by atoms with E-state index in [0.717, 1.165) is 38.4 Å². The van der Waals surface area contributed by atoms with Crippen LogP contribution in [0.2, 0.25) is 5.02 Å². The molecule has 1 fully saturated rings. The summed E-state index contributed by atoms with van der Waals surface area (Å²) >= 11 is 7.94. The van der Waals surface area contributed by atoms with Crippen molar-refractivity contribution in [3.8, 4) is 5.69 Å². The lowest BCUT2D eigenvalue weighted by molar-refractivity contribution is -1.01. The third-order valence-corrected chi connectivity index (χ3v) is 6.09. The highest BCUT2D eigenvalue weighted by atomic mass is 35.5. The van der Waals surface area contributed by atoms with E-state index in [1.165, 1.54) is 16.1 Å². The van der Waals surface area contributed by atoms with Crippen molar-refractivity contribution in [3.05, 3.63) is 58.3 Å². The van der Waals surface area contributed by atoms with Crippen LogP contribution in [0.4, 0.5) is 5.69 Å². The number of carbonyl (C=O) groups excluding carboxylic acids is 1. The largest absolute Gasteiger partial charge is 0.321 e. The molecule has 146 valence electrons. The zero-order valence-corrected chi connectivity index (χ0v) is 17.0. The molecule has 0 spiro atoms. The fraction of sp³-hybridized carbons (Fsp3) is 0.316. The van der Waals surface area contributed by atoms with Crippen molar-refractivity contribution in [1.29, 1.82) is 0 Å². The van der Waals surface area contributed by atoms with Crippen molar-refractivity contribution in [2.45, 2.75) is 6.54 Å². The van der Waals surface area contributed by atoms with Gasteiger partial charge < -0.3 is 15.1 Å². The summed E-state index contributed by atoms with van der Waals surface area (Å²) in [6.45, 7) is 5.71. The zero-order chi connectivity index (χ0) is 19.3. The van der Waals surface area contributed by atoms with Gasteiger partial charge in [-0.3, -0.25) is 4.79 Å². The van der Waals surface area contributed by atoms with E-state index in [0.29, 0.717) is 17.3 Å². The van der Waals surface area contributed by atoms with E-state index in [-0.39, 0.29) is 5.91 Å². The van der Waals surface area contributed by atoms with E-state index in [2.05, 4.69) is 32.9 Å². The number of amides is 1. The van der Waals surface area contributed by atoms with Gasteiger partial charge >= 0.3 is 0 Å². The highest BCUT2D eigenvalue weighted by Gasteiger charge is 2.25. The summed E-state index contributed by atoms with van der Waals surface area (Å²) in [5.74, 6) is -0.0136. The highest BCUT2D eigenvalue weighted by molar-refractivity contribution is 7.09. The van der Waals surface area contributed by atoms with Crippen LogP contribution in [0.5, 0.6) is 0 Å². The number of piperazine rings is 1. The summed E-state index contributed by atoms with van der Waals surface area (Å²) in [6, 6.07) is 9.65. The third kappa shape index (κ3) is 4.77. The van der Waals surface area contributed by atoms with E-state index in [1.54, 1.807) is 28.0 Å². The number of carbonyl (C=O) groups is 1. The standard InChI is InChI=1S/C19H21ClN6OS/c20-15-3-4-18(26-14-21-13-22-26)17(10-15)23-19(27)12-25-7-5-24(6-8-25)11-16-2-1-9-28-16/h1-4,9-10,13-14H,5-8,11-12H2,(H,23,27)/p+2. The monoisotopic (exact) mass is 418 g/mol. The highest BCUT2D eigenvalue weighted by Crippen LogP contribution is 2.23. The molecule has 1 amide bonds. The first-order valence-corrected chi connectivity index (χ1v) is 10.6. The van der Waals surface area contributed by atoms with Gasteiger partial charge in [0, 0.05) is 5.02 Å². The summed E-state index contributed by atoms with van der Waals surface area (Å²) in [4.78, 5) is 20.9. The van der Waals surface area contributed by atoms with Crippen LogP contribution in [-0.4, -0.2) is 53.4 Å². The fourth-order valence-corrected chi connectivity index (χ4v) is 4.48. The van der Waals surface area contributed by atoms with Gasteiger partial charge in [-0.15, -0.1) is 11.3 Å². The second kappa shape index (κ2) is 8.83. The SMILES string of the molecule is O=C(C[NH+]1CC[NH+](Cc2cccs2)CC1)Nc1cc(Cl)ccc1-n1cncn1. The molecular weight excluding hydrogens is 396 g/mol. The average molecular weight is 419 g/mol. The summed E-state index contributed by atoms with van der Waals surface area (Å²) in [5.41, 5.74) is 1.39. The van der Waals surface area contributed by atoms with Crippen molar-refractivity contribution in [1.82, 2.24) is 14.8 Å². The number of aromatic nitrogens is 3. The van der Waals surface area contributed by atoms with Gasteiger partial charge in [-0.2, -0.15) is 5.10 Å². The van der Waals surface area contributed by atoms with Gasteiger partial charge in [0.2, 0.25) is 0 Å². The number of benzene rings is 1. The molecule has 3 aromatic rings. The van der Waals surface area contributed by atoms with Crippen molar-refractivity contribution >= 4 is 34.5 Å². The van der Waals surface area contributed by atoms with E-state index < -0.39 is 0 Å². The maximum atomic E-state index is 12.6. The van der Waals surface area contributed by atoms with Crippen LogP contribution >= 0.6 is 22.9 Å². The quantitative estimate of drug-likeness (QED) is 0.524. The molecular formula is C19H23ClN6OS+2.